The standard InChI is InChI=1S/C10H12N4O/c1-2-12-14-7-9(15)10(13-14)8-5-3-4-6-11-8/h3-7,12,15H,2H2,1H3. The molecule has 0 bridgehead atoms. The fraction of sp³-hybridized carbons (Fsp3) is 0.200. The maximum absolute atomic E-state index is 9.65. The SMILES string of the molecule is CCNn1cc(O)c(-c2ccccn2)n1. The van der Waals surface area contributed by atoms with E-state index in [0.717, 1.165) is 6.54 Å². The Bertz CT molecular complexity index is 438. The lowest BCUT2D eigenvalue weighted by Gasteiger charge is -1.99. The maximum atomic E-state index is 9.65. The van der Waals surface area contributed by atoms with Gasteiger partial charge in [0.2, 0.25) is 0 Å². The molecule has 0 spiro atoms. The van der Waals surface area contributed by atoms with Crippen LogP contribution in [0.5, 0.6) is 5.75 Å². The molecule has 0 radical (unpaired) electrons. The molecule has 2 N–H and O–H groups in total. The van der Waals surface area contributed by atoms with Gasteiger partial charge in [-0.25, -0.2) is 0 Å². The molecule has 5 nitrogen and oxygen atoms in total. The van der Waals surface area contributed by atoms with E-state index in [4.69, 9.17) is 0 Å². The Morgan fingerprint density at radius 2 is 2.33 bits per heavy atom. The number of nitrogens with zero attached hydrogens (tertiary/aromatic N) is 3. The Kier molecular flexibility index (Phi) is 2.53. The summed E-state index contributed by atoms with van der Waals surface area (Å²) in [5.41, 5.74) is 4.10. The van der Waals surface area contributed by atoms with Crippen LogP contribution in [0.2, 0.25) is 0 Å². The highest BCUT2D eigenvalue weighted by Crippen LogP contribution is 2.24. The molecule has 0 amide bonds. The summed E-state index contributed by atoms with van der Waals surface area (Å²) < 4.78 is 0. The highest BCUT2D eigenvalue weighted by molar-refractivity contribution is 5.60. The van der Waals surface area contributed by atoms with Crippen LogP contribution in [0.1, 0.15) is 6.92 Å². The lowest BCUT2D eigenvalue weighted by molar-refractivity contribution is 0.476. The topological polar surface area (TPSA) is 63.0 Å². The smallest absolute Gasteiger partial charge is 0.165 e. The number of aromatic hydroxyl groups is 1. The summed E-state index contributed by atoms with van der Waals surface area (Å²) in [5.74, 6) is 0.120. The molecule has 5 heteroatoms. The Hall–Kier alpha value is -2.04. The predicted molar refractivity (Wildman–Crippen MR) is 57.0 cm³/mol. The van der Waals surface area contributed by atoms with Gasteiger partial charge in [0.25, 0.3) is 0 Å². The van der Waals surface area contributed by atoms with Crippen LogP contribution in [0, 0.1) is 0 Å². The average molecular weight is 204 g/mol. The molecule has 15 heavy (non-hydrogen) atoms. The first-order chi connectivity index (χ1) is 7.31. The second kappa shape index (κ2) is 4.00. The maximum Gasteiger partial charge on any atom is 0.165 e. The van der Waals surface area contributed by atoms with Gasteiger partial charge in [-0.3, -0.25) is 4.98 Å². The summed E-state index contributed by atoms with van der Waals surface area (Å²) in [6.07, 6.45) is 3.19. The van der Waals surface area contributed by atoms with Crippen LogP contribution in [0.25, 0.3) is 11.4 Å². The second-order valence-corrected chi connectivity index (χ2v) is 3.03. The van der Waals surface area contributed by atoms with Crippen molar-refractivity contribution in [3.63, 3.8) is 0 Å². The number of nitrogens with one attached hydrogen (secondary N) is 1. The van der Waals surface area contributed by atoms with Crippen LogP contribution >= 0.6 is 0 Å². The molecule has 0 aromatic carbocycles. The lowest BCUT2D eigenvalue weighted by atomic mass is 10.2. The van der Waals surface area contributed by atoms with Gasteiger partial charge in [-0.1, -0.05) is 6.07 Å². The molecule has 0 unspecified atom stereocenters. The summed E-state index contributed by atoms with van der Waals surface area (Å²) in [6.45, 7) is 2.70. The van der Waals surface area contributed by atoms with Crippen LogP contribution in [0.15, 0.2) is 30.6 Å². The highest BCUT2D eigenvalue weighted by Gasteiger charge is 2.10. The van der Waals surface area contributed by atoms with Crippen molar-refractivity contribution in [3.05, 3.63) is 30.6 Å². The molecule has 2 aromatic rings. The minimum absolute atomic E-state index is 0.120. The summed E-state index contributed by atoms with van der Waals surface area (Å²) in [6, 6.07) is 5.48. The molecule has 0 aliphatic carbocycles. The van der Waals surface area contributed by atoms with Crippen LogP contribution in [0.4, 0.5) is 0 Å². The largest absolute Gasteiger partial charge is 0.504 e. The fourth-order valence-electron chi connectivity index (χ4n) is 1.29. The first-order valence-electron chi connectivity index (χ1n) is 4.75. The van der Waals surface area contributed by atoms with E-state index in [1.165, 1.54) is 11.0 Å². The first kappa shape index (κ1) is 9.51. The van der Waals surface area contributed by atoms with Gasteiger partial charge in [0.1, 0.15) is 0 Å². The highest BCUT2D eigenvalue weighted by atomic mass is 16.3. The quantitative estimate of drug-likeness (QED) is 0.789. The number of pyridine rings is 1. The Morgan fingerprint density at radius 1 is 1.47 bits per heavy atom. The van der Waals surface area contributed by atoms with Gasteiger partial charge in [-0.2, -0.15) is 4.79 Å². The molecular formula is C10H12N4O. The zero-order chi connectivity index (χ0) is 10.7. The van der Waals surface area contributed by atoms with Crippen molar-refractivity contribution in [3.8, 4) is 17.1 Å². The van der Waals surface area contributed by atoms with Crippen molar-refractivity contribution in [2.75, 3.05) is 12.0 Å². The number of rotatable bonds is 3. The van der Waals surface area contributed by atoms with Gasteiger partial charge < -0.3 is 10.5 Å². The average Bonchev–Trinajstić information content (AvgIpc) is 2.61. The number of hydrogen-bond acceptors (Lipinski definition) is 4. The molecule has 0 atom stereocenters. The summed E-state index contributed by atoms with van der Waals surface area (Å²) >= 11 is 0. The fourth-order valence-corrected chi connectivity index (χ4v) is 1.29. The van der Waals surface area contributed by atoms with E-state index in [9.17, 15) is 5.11 Å². The molecule has 0 saturated carbocycles. The lowest BCUT2D eigenvalue weighted by Crippen LogP contribution is -2.14. The molecule has 2 rings (SSSR count). The molecule has 2 aromatic heterocycles. The van der Waals surface area contributed by atoms with Gasteiger partial charge in [-0.15, -0.1) is 5.10 Å². The minimum atomic E-state index is 0.120. The normalized spacial score (nSPS) is 10.2. The third-order valence-corrected chi connectivity index (χ3v) is 1.92. The van der Waals surface area contributed by atoms with Crippen LogP contribution in [-0.2, 0) is 0 Å². The monoisotopic (exact) mass is 204 g/mol. The Morgan fingerprint density at radius 3 is 3.00 bits per heavy atom. The van der Waals surface area contributed by atoms with E-state index in [1.807, 2.05) is 19.1 Å². The molecule has 78 valence electrons. The van der Waals surface area contributed by atoms with Gasteiger partial charge in [-0.05, 0) is 19.1 Å². The van der Waals surface area contributed by atoms with E-state index in [1.54, 1.807) is 12.3 Å². The van der Waals surface area contributed by atoms with E-state index in [-0.39, 0.29) is 5.75 Å². The van der Waals surface area contributed by atoms with E-state index < -0.39 is 0 Å². The van der Waals surface area contributed by atoms with E-state index >= 15 is 0 Å². The van der Waals surface area contributed by atoms with Crippen molar-refractivity contribution in [2.24, 2.45) is 0 Å². The number of aromatic nitrogens is 3. The van der Waals surface area contributed by atoms with Gasteiger partial charge in [0.05, 0.1) is 11.9 Å². The number of hydrogen-bond donors (Lipinski definition) is 2. The van der Waals surface area contributed by atoms with Gasteiger partial charge in [0.15, 0.2) is 11.4 Å². The summed E-state index contributed by atoms with van der Waals surface area (Å²) in [7, 11) is 0. The van der Waals surface area contributed by atoms with Crippen molar-refractivity contribution < 1.29 is 5.11 Å². The third kappa shape index (κ3) is 1.90. The summed E-state index contributed by atoms with van der Waals surface area (Å²) in [4.78, 5) is 5.61. The van der Waals surface area contributed by atoms with E-state index in [0.29, 0.717) is 11.4 Å². The van der Waals surface area contributed by atoms with Crippen LogP contribution in [-0.4, -0.2) is 26.5 Å². The van der Waals surface area contributed by atoms with Crippen molar-refractivity contribution in [1.29, 1.82) is 0 Å². The molecule has 0 fully saturated rings. The van der Waals surface area contributed by atoms with Crippen LogP contribution < -0.4 is 5.43 Å². The molecule has 0 saturated heterocycles. The zero-order valence-electron chi connectivity index (χ0n) is 8.38. The Balaban J connectivity index is 2.36. The van der Waals surface area contributed by atoms with Crippen molar-refractivity contribution in [1.82, 2.24) is 14.9 Å². The molecule has 0 aliphatic heterocycles. The van der Waals surface area contributed by atoms with Gasteiger partial charge in [0, 0.05) is 12.7 Å². The molecule has 0 aliphatic rings. The van der Waals surface area contributed by atoms with Crippen LogP contribution in [0.3, 0.4) is 0 Å². The molecular weight excluding hydrogens is 192 g/mol. The predicted octanol–water partition coefficient (Wildman–Crippen LogP) is 1.21. The second-order valence-electron chi connectivity index (χ2n) is 3.03. The van der Waals surface area contributed by atoms with Crippen molar-refractivity contribution >= 4 is 0 Å². The minimum Gasteiger partial charge on any atom is -0.504 e. The third-order valence-electron chi connectivity index (χ3n) is 1.92. The van der Waals surface area contributed by atoms with E-state index in [2.05, 4.69) is 15.5 Å². The first-order valence-corrected chi connectivity index (χ1v) is 4.75. The Labute approximate surface area is 87.4 Å². The van der Waals surface area contributed by atoms with Crippen molar-refractivity contribution in [2.45, 2.75) is 6.92 Å². The summed E-state index contributed by atoms with van der Waals surface area (Å²) in [5, 5.41) is 13.8. The zero-order valence-corrected chi connectivity index (χ0v) is 8.38. The van der Waals surface area contributed by atoms with Gasteiger partial charge >= 0.3 is 0 Å². The molecule has 2 heterocycles.